The fraction of sp³-hybridized carbons (Fsp3) is 0.831. The van der Waals surface area contributed by atoms with E-state index in [0.29, 0.717) is 85.6 Å². The van der Waals surface area contributed by atoms with Crippen LogP contribution in [0.3, 0.4) is 0 Å². The predicted octanol–water partition coefficient (Wildman–Crippen LogP) is 43.3. The Kier molecular flexibility index (Phi) is 76.3. The van der Waals surface area contributed by atoms with Crippen molar-refractivity contribution in [3.63, 3.8) is 0 Å². The third kappa shape index (κ3) is 61.8. The van der Waals surface area contributed by atoms with E-state index in [1.807, 2.05) is 0 Å². The van der Waals surface area contributed by atoms with Crippen molar-refractivity contribution in [2.45, 2.75) is 551 Å². The first-order valence-corrected chi connectivity index (χ1v) is 60.5. The van der Waals surface area contributed by atoms with Crippen LogP contribution in [0.5, 0.6) is 34.5 Å². The second-order valence-electron chi connectivity index (χ2n) is 46.7. The van der Waals surface area contributed by atoms with Crippen molar-refractivity contribution in [1.29, 1.82) is 0 Å². The molecule has 0 bridgehead atoms. The first kappa shape index (κ1) is 126. The molecule has 0 amide bonds. The monoisotopic (exact) mass is 1890 g/mol. The van der Waals surface area contributed by atoms with Gasteiger partial charge in [0.25, 0.3) is 0 Å². The average Bonchev–Trinajstić information content (AvgIpc) is 0.818. The number of unbranched alkanes of at least 4 members (excludes halogenated alkanes) is 6. The highest BCUT2D eigenvalue weighted by Crippen LogP contribution is 2.43. The molecule has 3 aromatic rings. The molecule has 0 aliphatic carbocycles. The summed E-state index contributed by atoms with van der Waals surface area (Å²) in [5.74, 6) is 17.2. The van der Waals surface area contributed by atoms with Crippen LogP contribution in [0.4, 0.5) is 0 Å². The van der Waals surface area contributed by atoms with Gasteiger partial charge in [0, 0.05) is 24.3 Å². The Hall–Kier alpha value is -4.06. The van der Waals surface area contributed by atoms with Gasteiger partial charge in [0.1, 0.15) is 34.5 Å². The van der Waals surface area contributed by atoms with Crippen LogP contribution < -0.4 is 28.4 Å². The molecule has 18 atom stereocenters. The highest BCUT2D eigenvalue weighted by Gasteiger charge is 2.26. The molecule has 0 aliphatic heterocycles. The van der Waals surface area contributed by atoms with Gasteiger partial charge in [-0.1, -0.05) is 511 Å². The van der Waals surface area contributed by atoms with Gasteiger partial charge in [0.15, 0.2) is 0 Å². The van der Waals surface area contributed by atoms with Crippen molar-refractivity contribution in [3.8, 4) is 34.5 Å². The van der Waals surface area contributed by atoms with Crippen LogP contribution in [0.1, 0.15) is 574 Å². The molecule has 0 saturated carbocycles. The van der Waals surface area contributed by atoms with E-state index in [1.165, 1.54) is 385 Å². The number of hydrogen-bond donors (Lipinski definition) is 0. The Balaban J connectivity index is 2.57. The van der Waals surface area contributed by atoms with E-state index in [0.717, 1.165) is 117 Å². The first-order chi connectivity index (χ1) is 65.9. The van der Waals surface area contributed by atoms with Crippen LogP contribution in [-0.2, 0) is 0 Å². The average molecular weight is 1890 g/mol. The Bertz CT molecular complexity index is 3190. The van der Waals surface area contributed by atoms with Gasteiger partial charge < -0.3 is 28.4 Å². The number of rotatable bonds is 94. The zero-order valence-corrected chi connectivity index (χ0v) is 95.4. The molecule has 3 rings (SSSR count). The van der Waals surface area contributed by atoms with E-state index < -0.39 is 0 Å². The van der Waals surface area contributed by atoms with Crippen molar-refractivity contribution in [2.24, 2.45) is 107 Å². The molecule has 0 heterocycles. The van der Waals surface area contributed by atoms with E-state index in [-0.39, 0.29) is 0 Å². The van der Waals surface area contributed by atoms with Crippen LogP contribution in [0, 0.1) is 107 Å². The number of hydrogen-bond acceptors (Lipinski definition) is 6. The standard InChI is InChI=1S/C130H234O6/c1-25-38-65-114(37-13)71-49-72-122(84-78-113(24)59-35-11)102-136-130-96-124(132-98-118(80-74-109(20)55-31-7)67-45-40-61-104(15)50-26-2)95-129(135-101-121(83-77-112(23)58-34-10)70-48-43-64-107(18)53-29-5)126(130)92-90-116-87-85-115(86-88-116)89-91-125-127(133-99-119(81-75-110(21)56-32-8)68-46-41-62-105(16)51-27-3)93-123(131-97-117(79-73-108(19)54-30-6)66-44-39-60-103(14)36-12)94-128(125)134-100-120(82-76-111(22)57-33-9)69-47-42-63-106(17)52-28-4/h85-96,103-114,117-122H,25-84,97-102H2,1-24H3/b91-89+,92-90+. The molecule has 0 spiro atoms. The fourth-order valence-electron chi connectivity index (χ4n) is 22.4. The SMILES string of the molecule is CCCCC(CC)CCCC(CCC(C)CCC)COc1cc(OCC(CCCCC(C)CCC)CCC(C)CCC)cc(OCC(CCCCC(C)CCC)CCC(C)CCC)c1/C=C/c1ccc(/C=C/c2c(OCC(CCCCC(C)CCC)CCC(C)CCC)cc(OCC(CCCCC(C)CC)CCC(C)CCC)cc2OCC(CCCCC(C)CCC)CCC(C)CCC)cc1. The molecule has 3 aromatic carbocycles. The van der Waals surface area contributed by atoms with Gasteiger partial charge in [-0.15, -0.1) is 0 Å². The molecule has 6 nitrogen and oxygen atoms in total. The topological polar surface area (TPSA) is 55.4 Å². The van der Waals surface area contributed by atoms with Crippen molar-refractivity contribution >= 4 is 24.3 Å². The van der Waals surface area contributed by atoms with Crippen LogP contribution in [0.25, 0.3) is 24.3 Å². The van der Waals surface area contributed by atoms with Crippen molar-refractivity contribution in [1.82, 2.24) is 0 Å². The zero-order chi connectivity index (χ0) is 99.6. The van der Waals surface area contributed by atoms with Gasteiger partial charge >= 0.3 is 0 Å². The summed E-state index contributed by atoms with van der Waals surface area (Å²) in [4.78, 5) is 0. The van der Waals surface area contributed by atoms with E-state index in [1.54, 1.807) is 0 Å². The lowest BCUT2D eigenvalue weighted by atomic mass is 9.88. The molecule has 0 aromatic heterocycles. The lowest BCUT2D eigenvalue weighted by Crippen LogP contribution is -2.17. The summed E-state index contributed by atoms with van der Waals surface area (Å²) in [6.07, 6.45) is 85.3. The lowest BCUT2D eigenvalue weighted by molar-refractivity contribution is 0.198. The normalized spacial score (nSPS) is 16.1. The molecule has 18 unspecified atom stereocenters. The van der Waals surface area contributed by atoms with Crippen LogP contribution in [0.2, 0.25) is 0 Å². The molecule has 0 aliphatic rings. The van der Waals surface area contributed by atoms with E-state index >= 15 is 0 Å². The third-order valence-corrected chi connectivity index (χ3v) is 32.3. The fourth-order valence-corrected chi connectivity index (χ4v) is 22.4. The van der Waals surface area contributed by atoms with E-state index in [2.05, 4.69) is 239 Å². The second kappa shape index (κ2) is 82.3. The first-order valence-electron chi connectivity index (χ1n) is 60.5. The minimum Gasteiger partial charge on any atom is -0.493 e. The molecule has 0 N–H and O–H groups in total. The second-order valence-corrected chi connectivity index (χ2v) is 46.7. The van der Waals surface area contributed by atoms with Crippen LogP contribution in [-0.4, -0.2) is 39.6 Å². The van der Waals surface area contributed by atoms with Crippen LogP contribution >= 0.6 is 0 Å². The minimum absolute atomic E-state index is 0.459. The highest BCUT2D eigenvalue weighted by atomic mass is 16.5. The quantitative estimate of drug-likeness (QED) is 0.0415. The van der Waals surface area contributed by atoms with Gasteiger partial charge in [-0.05, 0) is 207 Å². The summed E-state index contributed by atoms with van der Waals surface area (Å²) in [6, 6.07) is 18.5. The smallest absolute Gasteiger partial charge is 0.133 e. The summed E-state index contributed by atoms with van der Waals surface area (Å²) in [7, 11) is 0. The molecular formula is C130H234O6. The van der Waals surface area contributed by atoms with Crippen LogP contribution in [0.15, 0.2) is 48.5 Å². The van der Waals surface area contributed by atoms with Gasteiger partial charge in [-0.2, -0.15) is 0 Å². The molecule has 0 fully saturated rings. The predicted molar refractivity (Wildman–Crippen MR) is 606 cm³/mol. The summed E-state index contributed by atoms with van der Waals surface area (Å²) >= 11 is 0. The summed E-state index contributed by atoms with van der Waals surface area (Å²) in [5, 5.41) is 0. The van der Waals surface area contributed by atoms with Gasteiger partial charge in [-0.25, -0.2) is 0 Å². The summed E-state index contributed by atoms with van der Waals surface area (Å²) in [5.41, 5.74) is 4.38. The van der Waals surface area contributed by atoms with E-state index in [4.69, 9.17) is 28.4 Å². The van der Waals surface area contributed by atoms with Crippen molar-refractivity contribution < 1.29 is 28.4 Å². The number of ether oxygens (including phenoxy) is 6. The zero-order valence-electron chi connectivity index (χ0n) is 95.4. The molecule has 790 valence electrons. The Morgan fingerprint density at radius 2 is 0.375 bits per heavy atom. The molecule has 0 saturated heterocycles. The largest absolute Gasteiger partial charge is 0.493 e. The maximum Gasteiger partial charge on any atom is 0.133 e. The Morgan fingerprint density at radius 1 is 0.176 bits per heavy atom. The lowest BCUT2D eigenvalue weighted by Gasteiger charge is -2.25. The van der Waals surface area contributed by atoms with Gasteiger partial charge in [0.2, 0.25) is 0 Å². The maximum absolute atomic E-state index is 7.62. The Labute approximate surface area is 850 Å². The highest BCUT2D eigenvalue weighted by molar-refractivity contribution is 5.79. The Morgan fingerprint density at radius 3 is 0.596 bits per heavy atom. The van der Waals surface area contributed by atoms with Gasteiger partial charge in [0.05, 0.1) is 50.8 Å². The summed E-state index contributed by atoms with van der Waals surface area (Å²) in [6.45, 7) is 62.2. The molecule has 6 heteroatoms. The summed E-state index contributed by atoms with van der Waals surface area (Å²) < 4.78 is 45.1. The van der Waals surface area contributed by atoms with Gasteiger partial charge in [-0.3, -0.25) is 0 Å². The van der Waals surface area contributed by atoms with Crippen molar-refractivity contribution in [3.05, 3.63) is 70.8 Å². The minimum atomic E-state index is 0.459. The third-order valence-electron chi connectivity index (χ3n) is 32.3. The maximum atomic E-state index is 7.62. The molecule has 136 heavy (non-hydrogen) atoms. The van der Waals surface area contributed by atoms with E-state index in [9.17, 15) is 0 Å². The molecule has 0 radical (unpaired) electrons. The van der Waals surface area contributed by atoms with Crippen molar-refractivity contribution in [2.75, 3.05) is 39.6 Å². The number of benzene rings is 3. The molecular weight excluding hydrogens is 1660 g/mol.